The molecule has 0 aliphatic rings. The van der Waals surface area contributed by atoms with Gasteiger partial charge in [0.15, 0.2) is 0 Å². The van der Waals surface area contributed by atoms with Gasteiger partial charge in [0.05, 0.1) is 0 Å². The highest BCUT2D eigenvalue weighted by Crippen LogP contribution is 1.84. The first-order valence-electron chi connectivity index (χ1n) is 0.617. The molecule has 0 aromatic rings. The Morgan fingerprint density at radius 2 is 2.00 bits per heavy atom. The summed E-state index contributed by atoms with van der Waals surface area (Å²) in [5, 5.41) is 0. The van der Waals surface area contributed by atoms with Gasteiger partial charge in [-0.1, -0.05) is 23.8 Å². The number of halogens is 1. The van der Waals surface area contributed by atoms with Gasteiger partial charge in [0.2, 0.25) is 0 Å². The highest BCUT2D eigenvalue weighted by molar-refractivity contribution is 8.15. The van der Waals surface area contributed by atoms with Crippen LogP contribution in [0.15, 0.2) is 0 Å². The van der Waals surface area contributed by atoms with Crippen LogP contribution in [0.5, 0.6) is 0 Å². The van der Waals surface area contributed by atoms with Crippen LogP contribution in [0, 0.1) is 0 Å². The molecule has 0 aromatic carbocycles. The van der Waals surface area contributed by atoms with Crippen molar-refractivity contribution in [3.8, 4) is 0 Å². The minimum Gasteiger partial charge on any atom is -0.120 e. The molecule has 0 N–H and O–H groups in total. The molecule has 0 spiro atoms. The molecule has 4 heavy (non-hydrogen) atoms. The van der Waals surface area contributed by atoms with Crippen molar-refractivity contribution in [3.05, 3.63) is 0 Å². The van der Waals surface area contributed by atoms with E-state index in [9.17, 15) is 0 Å². The maximum Gasteiger partial charge on any atom is 0.133 e. The van der Waals surface area contributed by atoms with Gasteiger partial charge in [-0.05, 0) is 0 Å². The van der Waals surface area contributed by atoms with E-state index in [2.05, 4.69) is 24.8 Å². The summed E-state index contributed by atoms with van der Waals surface area (Å²) in [4.78, 5) is 0. The lowest BCUT2D eigenvalue weighted by Crippen LogP contribution is -1.46. The lowest BCUT2D eigenvalue weighted by molar-refractivity contribution is 4.04. The van der Waals surface area contributed by atoms with E-state index < -0.39 is 0 Å². The predicted molar refractivity (Wildman–Crippen MR) is 27.4 cm³/mol. The van der Waals surface area contributed by atoms with Crippen LogP contribution in [0.1, 0.15) is 0 Å². The Kier molecular flexibility index (Phi) is 2.36. The summed E-state index contributed by atoms with van der Waals surface area (Å²) >= 11 is 12.5. The monoisotopic (exact) mass is 112 g/mol. The van der Waals surface area contributed by atoms with Crippen LogP contribution in [0.2, 0.25) is 0 Å². The standard InChI is InChI=1S/CHClS2/c2-1(3)4/h(H,3,4). The molecule has 0 saturated carbocycles. The second-order valence-electron chi connectivity index (χ2n) is 0.253. The molecule has 0 rings (SSSR count). The first-order valence-corrected chi connectivity index (χ1v) is 1.85. The van der Waals surface area contributed by atoms with Gasteiger partial charge in [0.25, 0.3) is 0 Å². The van der Waals surface area contributed by atoms with Crippen molar-refractivity contribution in [2.45, 2.75) is 0 Å². The molecule has 0 amide bonds. The molecule has 0 saturated heterocycles. The Morgan fingerprint density at radius 1 is 2.00 bits per heavy atom. The Hall–Kier alpha value is 0.730. The van der Waals surface area contributed by atoms with E-state index in [0.29, 0.717) is 0 Å². The van der Waals surface area contributed by atoms with Crippen molar-refractivity contribution in [2.75, 3.05) is 0 Å². The van der Waals surface area contributed by atoms with Crippen molar-refractivity contribution < 1.29 is 0 Å². The molecule has 0 atom stereocenters. The van der Waals surface area contributed by atoms with Crippen LogP contribution < -0.4 is 0 Å². The van der Waals surface area contributed by atoms with Gasteiger partial charge in [-0.25, -0.2) is 0 Å². The first-order chi connectivity index (χ1) is 1.73. The molecule has 0 fully saturated rings. The summed E-state index contributed by atoms with van der Waals surface area (Å²) in [5.74, 6) is 0. The summed E-state index contributed by atoms with van der Waals surface area (Å²) in [6.07, 6.45) is 0. The molecule has 0 heterocycles. The fourth-order valence-electron chi connectivity index (χ4n) is 0. The molecule has 0 aromatic heterocycles. The second kappa shape index (κ2) is 2.00. The number of hydrogen-bond donors (Lipinski definition) is 1. The van der Waals surface area contributed by atoms with E-state index in [1.807, 2.05) is 0 Å². The van der Waals surface area contributed by atoms with Crippen LogP contribution in [0.25, 0.3) is 0 Å². The third-order valence-corrected chi connectivity index (χ3v) is 0. The van der Waals surface area contributed by atoms with E-state index in [1.54, 1.807) is 0 Å². The Bertz CT molecular complexity index is 29.0. The number of thiol groups is 1. The van der Waals surface area contributed by atoms with Crippen molar-refractivity contribution in [3.63, 3.8) is 0 Å². The minimum atomic E-state index is 0.167. The van der Waals surface area contributed by atoms with Gasteiger partial charge >= 0.3 is 0 Å². The highest BCUT2D eigenvalue weighted by Gasteiger charge is 1.61. The van der Waals surface area contributed by atoms with E-state index in [-0.39, 0.29) is 3.66 Å². The average molecular weight is 113 g/mol. The minimum absolute atomic E-state index is 0.167. The second-order valence-corrected chi connectivity index (χ2v) is 2.28. The maximum atomic E-state index is 4.87. The van der Waals surface area contributed by atoms with Gasteiger partial charge in [-0.3, -0.25) is 0 Å². The van der Waals surface area contributed by atoms with Gasteiger partial charge in [0.1, 0.15) is 3.66 Å². The van der Waals surface area contributed by atoms with Crippen LogP contribution in [0.3, 0.4) is 0 Å². The summed E-state index contributed by atoms with van der Waals surface area (Å²) in [7, 11) is 0. The Morgan fingerprint density at radius 3 is 2.00 bits per heavy atom. The molecule has 3 heteroatoms. The molecule has 0 aliphatic carbocycles. The smallest absolute Gasteiger partial charge is 0.120 e. The number of hydrogen-bond acceptors (Lipinski definition) is 1. The molecule has 0 radical (unpaired) electrons. The fourth-order valence-corrected chi connectivity index (χ4v) is 0. The summed E-state index contributed by atoms with van der Waals surface area (Å²) in [5.41, 5.74) is 0. The molecule has 0 nitrogen and oxygen atoms in total. The van der Waals surface area contributed by atoms with Crippen LogP contribution >= 0.6 is 36.4 Å². The van der Waals surface area contributed by atoms with Crippen LogP contribution in [-0.2, 0) is 0 Å². The van der Waals surface area contributed by atoms with Crippen molar-refractivity contribution in [1.29, 1.82) is 0 Å². The summed E-state index contributed by atoms with van der Waals surface area (Å²) < 4.78 is 0.167. The van der Waals surface area contributed by atoms with Crippen molar-refractivity contribution in [1.82, 2.24) is 0 Å². The fraction of sp³-hybridized carbons (Fsp3) is 0. The van der Waals surface area contributed by atoms with Crippen LogP contribution in [0.4, 0.5) is 0 Å². The quantitative estimate of drug-likeness (QED) is 0.281. The normalized spacial score (nSPS) is 6.50. The van der Waals surface area contributed by atoms with Gasteiger partial charge < -0.3 is 0 Å². The first kappa shape index (κ1) is 4.73. The summed E-state index contributed by atoms with van der Waals surface area (Å²) in [6, 6.07) is 0. The zero-order valence-electron chi connectivity index (χ0n) is 1.73. The average Bonchev–Trinajstić information content (AvgIpc) is 0.811. The molecule has 0 aliphatic heterocycles. The zero-order chi connectivity index (χ0) is 3.58. The maximum absolute atomic E-state index is 4.87. The Balaban J connectivity index is 2.80. The zero-order valence-corrected chi connectivity index (χ0v) is 4.20. The molecular formula is CHClS2. The summed E-state index contributed by atoms with van der Waals surface area (Å²) in [6.45, 7) is 0. The number of rotatable bonds is 0. The molecule has 0 unspecified atom stereocenters. The molecular weight excluding hydrogens is 112 g/mol. The van der Waals surface area contributed by atoms with E-state index in [4.69, 9.17) is 11.6 Å². The van der Waals surface area contributed by atoms with Gasteiger partial charge in [-0.2, -0.15) is 0 Å². The van der Waals surface area contributed by atoms with Gasteiger partial charge in [-0.15, -0.1) is 12.6 Å². The Labute approximate surface area is 40.6 Å². The van der Waals surface area contributed by atoms with Crippen molar-refractivity contribution >= 4 is 40.1 Å². The van der Waals surface area contributed by atoms with Crippen LogP contribution in [-0.4, -0.2) is 3.66 Å². The lowest BCUT2D eigenvalue weighted by atomic mass is 11.9. The van der Waals surface area contributed by atoms with Gasteiger partial charge in [0, 0.05) is 0 Å². The van der Waals surface area contributed by atoms with E-state index >= 15 is 0 Å². The van der Waals surface area contributed by atoms with E-state index in [0.717, 1.165) is 0 Å². The largest absolute Gasteiger partial charge is 0.133 e. The molecule has 24 valence electrons. The predicted octanol–water partition coefficient (Wildman–Crippen LogP) is 1.44. The lowest BCUT2D eigenvalue weighted by Gasteiger charge is -1.56. The highest BCUT2D eigenvalue weighted by atomic mass is 35.5. The SMILES string of the molecule is S=C(S)Cl. The third-order valence-electron chi connectivity index (χ3n) is 0. The third kappa shape index (κ3) is 15.3. The number of thiocarbonyl (C=S) groups is 1. The molecule has 0 bridgehead atoms. The van der Waals surface area contributed by atoms with E-state index in [1.165, 1.54) is 0 Å². The van der Waals surface area contributed by atoms with Crippen molar-refractivity contribution in [2.24, 2.45) is 0 Å². The topological polar surface area (TPSA) is 0 Å².